The van der Waals surface area contributed by atoms with E-state index in [1.54, 1.807) is 0 Å². The largest absolute Gasteiger partial charge is 0.375 e. The van der Waals surface area contributed by atoms with Gasteiger partial charge < -0.3 is 10.3 Å². The number of fused-ring (bicyclic) bond motifs is 1. The molecule has 2 heterocycles. The topological polar surface area (TPSA) is 56.7 Å². The number of rotatable bonds is 8. The van der Waals surface area contributed by atoms with Crippen LogP contribution in [-0.2, 0) is 6.54 Å². The van der Waals surface area contributed by atoms with E-state index in [-0.39, 0.29) is 0 Å². The highest BCUT2D eigenvalue weighted by molar-refractivity contribution is 7.22. The van der Waals surface area contributed by atoms with E-state index in [1.807, 2.05) is 13.0 Å². The van der Waals surface area contributed by atoms with Crippen molar-refractivity contribution in [2.75, 3.05) is 5.73 Å². The minimum Gasteiger partial charge on any atom is -0.375 e. The van der Waals surface area contributed by atoms with E-state index in [0.29, 0.717) is 5.13 Å². The van der Waals surface area contributed by atoms with Crippen LogP contribution >= 0.6 is 11.3 Å². The standard InChI is InChI=1S/C24H30N4S/c1-6-8-14-28-17(5)26-22(18(7-2)11-9-10-16(3)4)23(28)19-12-13-20-21(15-19)29-24(25)27-20/h9-13,15H,3,6-8,14H2,1-2,4-5H3,(H2,25,27)/b10-9-,18-11+. The second-order valence-corrected chi connectivity index (χ2v) is 8.41. The van der Waals surface area contributed by atoms with E-state index in [1.165, 1.54) is 22.6 Å². The fraction of sp³-hybridized carbons (Fsp3) is 0.333. The molecule has 0 saturated carbocycles. The van der Waals surface area contributed by atoms with Crippen LogP contribution in [0, 0.1) is 6.92 Å². The summed E-state index contributed by atoms with van der Waals surface area (Å²) in [5, 5.41) is 0.604. The monoisotopic (exact) mass is 406 g/mol. The number of allylic oxidation sites excluding steroid dienone is 5. The van der Waals surface area contributed by atoms with Crippen LogP contribution in [0.4, 0.5) is 5.13 Å². The smallest absolute Gasteiger partial charge is 0.181 e. The lowest BCUT2D eigenvalue weighted by molar-refractivity contribution is 0.621. The molecule has 3 rings (SSSR count). The summed E-state index contributed by atoms with van der Waals surface area (Å²) in [5.41, 5.74) is 12.5. The summed E-state index contributed by atoms with van der Waals surface area (Å²) in [6, 6.07) is 6.40. The van der Waals surface area contributed by atoms with E-state index in [4.69, 9.17) is 10.7 Å². The summed E-state index contributed by atoms with van der Waals surface area (Å²) in [7, 11) is 0. The van der Waals surface area contributed by atoms with Gasteiger partial charge in [-0.2, -0.15) is 0 Å². The molecule has 2 N–H and O–H groups in total. The van der Waals surface area contributed by atoms with E-state index < -0.39 is 0 Å². The van der Waals surface area contributed by atoms with Crippen LogP contribution in [0.15, 0.2) is 48.6 Å². The molecule has 0 fully saturated rings. The highest BCUT2D eigenvalue weighted by Gasteiger charge is 2.19. The minimum absolute atomic E-state index is 0.604. The molecular weight excluding hydrogens is 376 g/mol. The first-order valence-electron chi connectivity index (χ1n) is 10.2. The summed E-state index contributed by atoms with van der Waals surface area (Å²) in [4.78, 5) is 9.40. The molecule has 0 bridgehead atoms. The van der Waals surface area contributed by atoms with Crippen molar-refractivity contribution >= 4 is 32.3 Å². The Kier molecular flexibility index (Phi) is 6.70. The van der Waals surface area contributed by atoms with Crippen LogP contribution in [0.2, 0.25) is 0 Å². The van der Waals surface area contributed by atoms with Crippen molar-refractivity contribution in [3.05, 3.63) is 60.1 Å². The summed E-state index contributed by atoms with van der Waals surface area (Å²) >= 11 is 1.53. The van der Waals surface area contributed by atoms with Crippen molar-refractivity contribution in [2.24, 2.45) is 0 Å². The second-order valence-electron chi connectivity index (χ2n) is 7.35. The fourth-order valence-corrected chi connectivity index (χ4v) is 4.23. The molecule has 0 aliphatic heterocycles. The highest BCUT2D eigenvalue weighted by Crippen LogP contribution is 2.35. The van der Waals surface area contributed by atoms with Gasteiger partial charge in [-0.1, -0.05) is 68.1 Å². The van der Waals surface area contributed by atoms with Gasteiger partial charge in [0.15, 0.2) is 5.13 Å². The lowest BCUT2D eigenvalue weighted by Gasteiger charge is -2.12. The molecule has 1 aromatic carbocycles. The predicted molar refractivity (Wildman–Crippen MR) is 127 cm³/mol. The Morgan fingerprint density at radius 1 is 1.28 bits per heavy atom. The lowest BCUT2D eigenvalue weighted by atomic mass is 10.0. The Morgan fingerprint density at radius 3 is 2.76 bits per heavy atom. The lowest BCUT2D eigenvalue weighted by Crippen LogP contribution is -2.03. The Hall–Kier alpha value is -2.66. The van der Waals surface area contributed by atoms with Gasteiger partial charge in [-0.15, -0.1) is 0 Å². The maximum absolute atomic E-state index is 5.92. The second kappa shape index (κ2) is 9.23. The van der Waals surface area contributed by atoms with Gasteiger partial charge in [-0.05, 0) is 44.4 Å². The summed E-state index contributed by atoms with van der Waals surface area (Å²) in [5.74, 6) is 1.05. The molecule has 2 aromatic heterocycles. The first kappa shape index (κ1) is 21.1. The number of hydrogen-bond donors (Lipinski definition) is 1. The zero-order chi connectivity index (χ0) is 21.0. The summed E-state index contributed by atoms with van der Waals surface area (Å²) in [6.45, 7) is 13.4. The van der Waals surface area contributed by atoms with Gasteiger partial charge in [-0.25, -0.2) is 9.97 Å². The van der Waals surface area contributed by atoms with Gasteiger partial charge in [0, 0.05) is 12.1 Å². The average Bonchev–Trinajstić information content (AvgIpc) is 3.21. The quantitative estimate of drug-likeness (QED) is 0.420. The van der Waals surface area contributed by atoms with E-state index in [0.717, 1.165) is 58.7 Å². The number of nitrogens with two attached hydrogens (primary N) is 1. The maximum Gasteiger partial charge on any atom is 0.181 e. The SMILES string of the molecule is C=C(C)/C=C\C=C(/CC)c1nc(C)n(CCCC)c1-c1ccc2nc(N)sc2c1. The Balaban J connectivity index is 2.19. The van der Waals surface area contributed by atoms with Crippen molar-refractivity contribution in [2.45, 2.75) is 53.5 Å². The van der Waals surface area contributed by atoms with Crippen LogP contribution in [0.3, 0.4) is 0 Å². The van der Waals surface area contributed by atoms with Crippen molar-refractivity contribution < 1.29 is 0 Å². The Morgan fingerprint density at radius 2 is 2.07 bits per heavy atom. The predicted octanol–water partition coefficient (Wildman–Crippen LogP) is 6.78. The molecule has 4 nitrogen and oxygen atoms in total. The molecular formula is C24H30N4S. The first-order chi connectivity index (χ1) is 13.9. The van der Waals surface area contributed by atoms with Gasteiger partial charge >= 0.3 is 0 Å². The molecule has 0 radical (unpaired) electrons. The third-order valence-electron chi connectivity index (χ3n) is 4.94. The number of unbranched alkanes of at least 4 members (excludes halogenated alkanes) is 1. The first-order valence-corrected chi connectivity index (χ1v) is 11.0. The number of benzene rings is 1. The summed E-state index contributed by atoms with van der Waals surface area (Å²) < 4.78 is 3.46. The molecule has 152 valence electrons. The van der Waals surface area contributed by atoms with Crippen molar-refractivity contribution in [1.29, 1.82) is 0 Å². The molecule has 0 saturated heterocycles. The highest BCUT2D eigenvalue weighted by atomic mass is 32.1. The van der Waals surface area contributed by atoms with Crippen molar-refractivity contribution in [3.8, 4) is 11.3 Å². The number of hydrogen-bond acceptors (Lipinski definition) is 4. The van der Waals surface area contributed by atoms with Gasteiger partial charge in [0.05, 0.1) is 21.6 Å². The fourth-order valence-electron chi connectivity index (χ4n) is 3.45. The average molecular weight is 407 g/mol. The zero-order valence-corrected chi connectivity index (χ0v) is 18.6. The molecule has 0 aliphatic rings. The van der Waals surface area contributed by atoms with Crippen LogP contribution in [-0.4, -0.2) is 14.5 Å². The van der Waals surface area contributed by atoms with E-state index >= 15 is 0 Å². The normalized spacial score (nSPS) is 12.3. The van der Waals surface area contributed by atoms with E-state index in [9.17, 15) is 0 Å². The number of nitrogens with zero attached hydrogens (tertiary/aromatic N) is 3. The molecule has 0 unspecified atom stereocenters. The number of imidazole rings is 1. The van der Waals surface area contributed by atoms with Gasteiger partial charge in [-0.3, -0.25) is 0 Å². The number of nitrogen functional groups attached to an aromatic ring is 1. The van der Waals surface area contributed by atoms with Gasteiger partial charge in [0.25, 0.3) is 0 Å². The third-order valence-corrected chi connectivity index (χ3v) is 5.78. The van der Waals surface area contributed by atoms with Crippen LogP contribution in [0.5, 0.6) is 0 Å². The number of aryl methyl sites for hydroxylation is 1. The third kappa shape index (κ3) is 4.67. The van der Waals surface area contributed by atoms with Crippen LogP contribution in [0.1, 0.15) is 51.6 Å². The van der Waals surface area contributed by atoms with Crippen LogP contribution < -0.4 is 5.73 Å². The summed E-state index contributed by atoms with van der Waals surface area (Å²) in [6.07, 6.45) is 9.44. The molecule has 0 spiro atoms. The van der Waals surface area contributed by atoms with E-state index in [2.05, 4.69) is 67.3 Å². The molecule has 3 aromatic rings. The van der Waals surface area contributed by atoms with Gasteiger partial charge in [0.1, 0.15) is 5.82 Å². The molecule has 5 heteroatoms. The maximum atomic E-state index is 5.92. The molecule has 0 aliphatic carbocycles. The van der Waals surface area contributed by atoms with Crippen molar-refractivity contribution in [3.63, 3.8) is 0 Å². The van der Waals surface area contributed by atoms with Crippen LogP contribution in [0.25, 0.3) is 27.0 Å². The Labute approximate surface area is 177 Å². The zero-order valence-electron chi connectivity index (χ0n) is 17.8. The Bertz CT molecular complexity index is 1080. The molecule has 0 atom stereocenters. The van der Waals surface area contributed by atoms with Crippen molar-refractivity contribution in [1.82, 2.24) is 14.5 Å². The number of aromatic nitrogens is 3. The van der Waals surface area contributed by atoms with Gasteiger partial charge in [0.2, 0.25) is 0 Å². The number of thiazole rings is 1. The molecule has 29 heavy (non-hydrogen) atoms. The number of anilines is 1. The molecule has 0 amide bonds. The minimum atomic E-state index is 0.604.